The van der Waals surface area contributed by atoms with Gasteiger partial charge in [0.1, 0.15) is 6.04 Å². The number of benzene rings is 1. The predicted molar refractivity (Wildman–Crippen MR) is 58.0 cm³/mol. The molecule has 15 heavy (non-hydrogen) atoms. The molecule has 3 heteroatoms. The number of carbonyl (C=O) groups excluding carboxylic acids is 1. The van der Waals surface area contributed by atoms with Crippen molar-refractivity contribution in [3.05, 3.63) is 35.9 Å². The van der Waals surface area contributed by atoms with Gasteiger partial charge >= 0.3 is 0 Å². The van der Waals surface area contributed by atoms with Gasteiger partial charge in [0.25, 0.3) is 0 Å². The van der Waals surface area contributed by atoms with Crippen LogP contribution in [0.3, 0.4) is 0 Å². The van der Waals surface area contributed by atoms with Gasteiger partial charge in [0, 0.05) is 6.92 Å². The van der Waals surface area contributed by atoms with Crippen LogP contribution in [0.5, 0.6) is 0 Å². The van der Waals surface area contributed by atoms with E-state index in [9.17, 15) is 4.79 Å². The first-order chi connectivity index (χ1) is 7.24. The molecule has 0 aliphatic carbocycles. The average molecular weight is 198 g/mol. The zero-order valence-corrected chi connectivity index (χ0v) is 8.34. The van der Waals surface area contributed by atoms with Gasteiger partial charge in [0.05, 0.1) is 11.8 Å². The highest BCUT2D eigenvalue weighted by Gasteiger charge is 2.24. The minimum atomic E-state index is -0.489. The second-order valence-corrected chi connectivity index (χ2v) is 3.38. The van der Waals surface area contributed by atoms with Gasteiger partial charge in [-0.1, -0.05) is 24.3 Å². The molecule has 1 heterocycles. The molecule has 2 rings (SSSR count). The Morgan fingerprint density at radius 2 is 2.20 bits per heavy atom. The van der Waals surface area contributed by atoms with Crippen molar-refractivity contribution in [1.29, 1.82) is 5.26 Å². The van der Waals surface area contributed by atoms with Crippen molar-refractivity contribution >= 4 is 17.7 Å². The van der Waals surface area contributed by atoms with Gasteiger partial charge in [0.15, 0.2) is 0 Å². The highest BCUT2D eigenvalue weighted by molar-refractivity contribution is 5.97. The normalized spacial score (nSPS) is 18.1. The molecule has 0 spiro atoms. The van der Waals surface area contributed by atoms with Crippen LogP contribution in [0.4, 0.5) is 5.69 Å². The van der Waals surface area contributed by atoms with E-state index in [0.29, 0.717) is 0 Å². The fraction of sp³-hybridized carbons (Fsp3) is 0.167. The van der Waals surface area contributed by atoms with Gasteiger partial charge < -0.3 is 0 Å². The van der Waals surface area contributed by atoms with Crippen molar-refractivity contribution < 1.29 is 4.79 Å². The number of para-hydroxylation sites is 1. The van der Waals surface area contributed by atoms with E-state index in [-0.39, 0.29) is 5.91 Å². The number of amides is 1. The number of rotatable bonds is 0. The molecule has 1 atom stereocenters. The topological polar surface area (TPSA) is 44.1 Å². The van der Waals surface area contributed by atoms with Gasteiger partial charge in [-0.2, -0.15) is 5.26 Å². The summed E-state index contributed by atoms with van der Waals surface area (Å²) in [7, 11) is 0. The van der Waals surface area contributed by atoms with Gasteiger partial charge in [-0.3, -0.25) is 9.69 Å². The van der Waals surface area contributed by atoms with Crippen LogP contribution in [0.1, 0.15) is 12.5 Å². The van der Waals surface area contributed by atoms with Crippen LogP contribution in [0.2, 0.25) is 0 Å². The second-order valence-electron chi connectivity index (χ2n) is 3.38. The van der Waals surface area contributed by atoms with Gasteiger partial charge in [-0.05, 0) is 17.7 Å². The van der Waals surface area contributed by atoms with Crippen molar-refractivity contribution in [2.24, 2.45) is 0 Å². The Morgan fingerprint density at radius 3 is 2.87 bits per heavy atom. The van der Waals surface area contributed by atoms with E-state index in [4.69, 9.17) is 5.26 Å². The SMILES string of the molecule is CC(=O)N1c2ccccc2C=C[C@@H]1C#N. The lowest BCUT2D eigenvalue weighted by atomic mass is 10.0. The van der Waals surface area contributed by atoms with Crippen LogP contribution in [-0.4, -0.2) is 11.9 Å². The first-order valence-corrected chi connectivity index (χ1v) is 4.70. The minimum Gasteiger partial charge on any atom is -0.292 e. The van der Waals surface area contributed by atoms with E-state index < -0.39 is 6.04 Å². The number of hydrogen-bond acceptors (Lipinski definition) is 2. The number of hydrogen-bond donors (Lipinski definition) is 0. The van der Waals surface area contributed by atoms with Crippen molar-refractivity contribution in [2.75, 3.05) is 4.90 Å². The zero-order chi connectivity index (χ0) is 10.8. The predicted octanol–water partition coefficient (Wildman–Crippen LogP) is 1.96. The van der Waals surface area contributed by atoms with Crippen LogP contribution < -0.4 is 4.90 Å². The smallest absolute Gasteiger partial charge is 0.225 e. The van der Waals surface area contributed by atoms with Crippen molar-refractivity contribution in [1.82, 2.24) is 0 Å². The highest BCUT2D eigenvalue weighted by atomic mass is 16.2. The van der Waals surface area contributed by atoms with Crippen LogP contribution >= 0.6 is 0 Å². The molecule has 3 nitrogen and oxygen atoms in total. The third-order valence-electron chi connectivity index (χ3n) is 2.40. The maximum atomic E-state index is 11.5. The molecular weight excluding hydrogens is 188 g/mol. The lowest BCUT2D eigenvalue weighted by Crippen LogP contribution is -2.38. The maximum Gasteiger partial charge on any atom is 0.225 e. The lowest BCUT2D eigenvalue weighted by Gasteiger charge is -2.28. The molecule has 1 aromatic rings. The fourth-order valence-corrected chi connectivity index (χ4v) is 1.74. The Labute approximate surface area is 88.2 Å². The van der Waals surface area contributed by atoms with Gasteiger partial charge in [-0.25, -0.2) is 0 Å². The molecule has 0 radical (unpaired) electrons. The number of carbonyl (C=O) groups is 1. The Bertz CT molecular complexity index is 471. The summed E-state index contributed by atoms with van der Waals surface area (Å²) in [5.74, 6) is -0.113. The van der Waals surface area contributed by atoms with Gasteiger partial charge in [0.2, 0.25) is 5.91 Å². The monoisotopic (exact) mass is 198 g/mol. The zero-order valence-electron chi connectivity index (χ0n) is 8.34. The number of fused-ring (bicyclic) bond motifs is 1. The van der Waals surface area contributed by atoms with E-state index in [0.717, 1.165) is 11.3 Å². The van der Waals surface area contributed by atoms with Crippen molar-refractivity contribution in [2.45, 2.75) is 13.0 Å². The Hall–Kier alpha value is -2.08. The molecule has 0 saturated heterocycles. The average Bonchev–Trinajstić information content (AvgIpc) is 2.27. The number of nitrogens with zero attached hydrogens (tertiary/aromatic N) is 2. The Balaban J connectivity index is 2.55. The first-order valence-electron chi connectivity index (χ1n) is 4.70. The largest absolute Gasteiger partial charge is 0.292 e. The molecule has 0 aromatic heterocycles. The molecule has 1 amide bonds. The summed E-state index contributed by atoms with van der Waals surface area (Å²) in [4.78, 5) is 13.0. The van der Waals surface area contributed by atoms with Crippen molar-refractivity contribution in [3.63, 3.8) is 0 Å². The van der Waals surface area contributed by atoms with E-state index in [2.05, 4.69) is 6.07 Å². The summed E-state index contributed by atoms with van der Waals surface area (Å²) in [5, 5.41) is 8.94. The Kier molecular flexibility index (Phi) is 2.26. The molecule has 1 aliphatic rings. The maximum absolute atomic E-state index is 11.5. The Morgan fingerprint density at radius 1 is 1.47 bits per heavy atom. The summed E-state index contributed by atoms with van der Waals surface area (Å²) < 4.78 is 0. The molecule has 0 bridgehead atoms. The molecular formula is C12H10N2O. The van der Waals surface area contributed by atoms with Crippen LogP contribution in [0.25, 0.3) is 6.08 Å². The van der Waals surface area contributed by atoms with Crippen LogP contribution in [-0.2, 0) is 4.79 Å². The lowest BCUT2D eigenvalue weighted by molar-refractivity contribution is -0.116. The second kappa shape index (κ2) is 3.58. The third-order valence-corrected chi connectivity index (χ3v) is 2.40. The van der Waals surface area contributed by atoms with E-state index >= 15 is 0 Å². The molecule has 1 aromatic carbocycles. The van der Waals surface area contributed by atoms with E-state index in [1.165, 1.54) is 11.8 Å². The fourth-order valence-electron chi connectivity index (χ4n) is 1.74. The molecule has 0 unspecified atom stereocenters. The molecule has 0 N–H and O–H groups in total. The summed E-state index contributed by atoms with van der Waals surface area (Å²) in [6.07, 6.45) is 3.62. The summed E-state index contributed by atoms with van der Waals surface area (Å²) in [6.45, 7) is 1.47. The van der Waals surface area contributed by atoms with Crippen LogP contribution in [0.15, 0.2) is 30.3 Å². The number of nitriles is 1. The van der Waals surface area contributed by atoms with Crippen LogP contribution in [0, 0.1) is 11.3 Å². The standard InChI is InChI=1S/C12H10N2O/c1-9(15)14-11(8-13)7-6-10-4-2-3-5-12(10)14/h2-7,11H,1H3/t11-/m1/s1. The third kappa shape index (κ3) is 1.50. The summed E-state index contributed by atoms with van der Waals surface area (Å²) in [6, 6.07) is 9.16. The first kappa shape index (κ1) is 9.47. The molecule has 0 fully saturated rings. The van der Waals surface area contributed by atoms with Crippen molar-refractivity contribution in [3.8, 4) is 6.07 Å². The minimum absolute atomic E-state index is 0.113. The van der Waals surface area contributed by atoms with Gasteiger partial charge in [-0.15, -0.1) is 0 Å². The van der Waals surface area contributed by atoms with E-state index in [1.54, 1.807) is 6.08 Å². The quantitative estimate of drug-likeness (QED) is 0.639. The molecule has 0 saturated carbocycles. The highest BCUT2D eigenvalue weighted by Crippen LogP contribution is 2.28. The van der Waals surface area contributed by atoms with E-state index in [1.807, 2.05) is 30.3 Å². The number of anilines is 1. The summed E-state index contributed by atoms with van der Waals surface area (Å²) in [5.41, 5.74) is 1.78. The summed E-state index contributed by atoms with van der Waals surface area (Å²) >= 11 is 0. The molecule has 1 aliphatic heterocycles. The molecule has 74 valence electrons.